The lowest BCUT2D eigenvalue weighted by Gasteiger charge is -2.49. The highest BCUT2D eigenvalue weighted by molar-refractivity contribution is 5.21. The lowest BCUT2D eigenvalue weighted by molar-refractivity contribution is 0.0363. The zero-order valence-electron chi connectivity index (χ0n) is 13.8. The van der Waals surface area contributed by atoms with Crippen molar-refractivity contribution in [2.75, 3.05) is 13.1 Å². The van der Waals surface area contributed by atoms with Gasteiger partial charge in [-0.2, -0.15) is 0 Å². The van der Waals surface area contributed by atoms with Crippen LogP contribution in [-0.2, 0) is 0 Å². The Morgan fingerprint density at radius 2 is 1.81 bits per heavy atom. The Morgan fingerprint density at radius 3 is 2.48 bits per heavy atom. The second kappa shape index (κ2) is 6.10. The zero-order chi connectivity index (χ0) is 14.9. The van der Waals surface area contributed by atoms with E-state index in [4.69, 9.17) is 0 Å². The number of benzene rings is 1. The van der Waals surface area contributed by atoms with E-state index < -0.39 is 0 Å². The molecule has 1 aromatic rings. The minimum absolute atomic E-state index is 0.220. The van der Waals surface area contributed by atoms with Crippen molar-refractivity contribution in [3.05, 3.63) is 35.9 Å². The van der Waals surface area contributed by atoms with Gasteiger partial charge in [-0.05, 0) is 45.1 Å². The van der Waals surface area contributed by atoms with Gasteiger partial charge in [0.15, 0.2) is 0 Å². The topological polar surface area (TPSA) is 15.3 Å². The van der Waals surface area contributed by atoms with E-state index in [-0.39, 0.29) is 5.54 Å². The molecule has 2 nitrogen and oxygen atoms in total. The van der Waals surface area contributed by atoms with Crippen LogP contribution in [0.4, 0.5) is 0 Å². The van der Waals surface area contributed by atoms with Crippen molar-refractivity contribution in [2.45, 2.75) is 64.1 Å². The standard InChI is InChI=1S/C19H30N2/c1-15(16-9-7-8-10-16)21-14-19(2,3)20-13-18(21)17-11-5-4-6-12-17/h4-6,11-12,15-16,18,20H,7-10,13-14H2,1-3H3. The van der Waals surface area contributed by atoms with Crippen LogP contribution in [0.5, 0.6) is 0 Å². The van der Waals surface area contributed by atoms with E-state index in [1.54, 1.807) is 0 Å². The average molecular weight is 286 g/mol. The van der Waals surface area contributed by atoms with Gasteiger partial charge in [-0.25, -0.2) is 0 Å². The first kappa shape index (κ1) is 15.1. The largest absolute Gasteiger partial charge is 0.309 e. The molecule has 0 bridgehead atoms. The second-order valence-electron chi connectivity index (χ2n) is 7.65. The molecule has 1 N–H and O–H groups in total. The molecule has 1 aliphatic carbocycles. The lowest BCUT2D eigenvalue weighted by Crippen LogP contribution is -2.60. The highest BCUT2D eigenvalue weighted by Crippen LogP contribution is 2.36. The monoisotopic (exact) mass is 286 g/mol. The molecule has 2 heteroatoms. The van der Waals surface area contributed by atoms with Crippen LogP contribution >= 0.6 is 0 Å². The van der Waals surface area contributed by atoms with Crippen LogP contribution in [0.1, 0.15) is 58.1 Å². The molecule has 0 aromatic heterocycles. The summed E-state index contributed by atoms with van der Waals surface area (Å²) in [6, 6.07) is 12.3. The van der Waals surface area contributed by atoms with Gasteiger partial charge in [0.1, 0.15) is 0 Å². The van der Waals surface area contributed by atoms with Crippen molar-refractivity contribution in [1.82, 2.24) is 10.2 Å². The van der Waals surface area contributed by atoms with Gasteiger partial charge in [-0.1, -0.05) is 43.2 Å². The van der Waals surface area contributed by atoms with Crippen LogP contribution in [0.25, 0.3) is 0 Å². The Morgan fingerprint density at radius 1 is 1.14 bits per heavy atom. The van der Waals surface area contributed by atoms with Crippen molar-refractivity contribution >= 4 is 0 Å². The summed E-state index contributed by atoms with van der Waals surface area (Å²) in [4.78, 5) is 2.78. The van der Waals surface area contributed by atoms with Crippen LogP contribution in [-0.4, -0.2) is 29.6 Å². The maximum absolute atomic E-state index is 3.74. The van der Waals surface area contributed by atoms with Gasteiger partial charge >= 0.3 is 0 Å². The molecule has 1 saturated heterocycles. The van der Waals surface area contributed by atoms with Gasteiger partial charge in [-0.3, -0.25) is 4.90 Å². The van der Waals surface area contributed by atoms with Crippen LogP contribution in [0.2, 0.25) is 0 Å². The SMILES string of the molecule is CC(C1CCCC1)N1CC(C)(C)NCC1c1ccccc1. The molecule has 21 heavy (non-hydrogen) atoms. The summed E-state index contributed by atoms with van der Waals surface area (Å²) < 4.78 is 0. The Kier molecular flexibility index (Phi) is 4.37. The van der Waals surface area contributed by atoms with E-state index >= 15 is 0 Å². The summed E-state index contributed by atoms with van der Waals surface area (Å²) in [5, 5.41) is 3.74. The van der Waals surface area contributed by atoms with Gasteiger partial charge in [0.05, 0.1) is 0 Å². The quantitative estimate of drug-likeness (QED) is 0.904. The van der Waals surface area contributed by atoms with Crippen LogP contribution in [0, 0.1) is 5.92 Å². The van der Waals surface area contributed by atoms with Gasteiger partial charge in [0.25, 0.3) is 0 Å². The third-order valence-corrected chi connectivity index (χ3v) is 5.54. The molecule has 1 heterocycles. The molecule has 0 spiro atoms. The molecule has 1 saturated carbocycles. The van der Waals surface area contributed by atoms with E-state index in [0.717, 1.165) is 19.0 Å². The fourth-order valence-corrected chi connectivity index (χ4v) is 4.24. The Hall–Kier alpha value is -0.860. The zero-order valence-corrected chi connectivity index (χ0v) is 13.8. The predicted octanol–water partition coefficient (Wildman–Crippen LogP) is 3.99. The van der Waals surface area contributed by atoms with E-state index in [2.05, 4.69) is 61.3 Å². The first-order valence-corrected chi connectivity index (χ1v) is 8.62. The first-order chi connectivity index (χ1) is 10.1. The third kappa shape index (κ3) is 3.32. The summed E-state index contributed by atoms with van der Waals surface area (Å²) in [7, 11) is 0. The normalized spacial score (nSPS) is 28.6. The molecule has 1 aromatic carbocycles. The number of hydrogen-bond donors (Lipinski definition) is 1. The molecule has 116 valence electrons. The fourth-order valence-electron chi connectivity index (χ4n) is 4.24. The molecule has 3 rings (SSSR count). The van der Waals surface area contributed by atoms with Gasteiger partial charge in [-0.15, -0.1) is 0 Å². The molecule has 1 aliphatic heterocycles. The Labute approximate surface area is 129 Å². The van der Waals surface area contributed by atoms with Crippen molar-refractivity contribution < 1.29 is 0 Å². The van der Waals surface area contributed by atoms with Crippen molar-refractivity contribution in [2.24, 2.45) is 5.92 Å². The van der Waals surface area contributed by atoms with Gasteiger partial charge in [0.2, 0.25) is 0 Å². The summed E-state index contributed by atoms with van der Waals surface area (Å²) in [5.74, 6) is 0.894. The second-order valence-corrected chi connectivity index (χ2v) is 7.65. The summed E-state index contributed by atoms with van der Waals surface area (Å²) in [6.07, 6.45) is 5.71. The molecule has 2 atom stereocenters. The summed E-state index contributed by atoms with van der Waals surface area (Å²) >= 11 is 0. The van der Waals surface area contributed by atoms with Gasteiger partial charge < -0.3 is 5.32 Å². The van der Waals surface area contributed by atoms with E-state index in [9.17, 15) is 0 Å². The van der Waals surface area contributed by atoms with Crippen molar-refractivity contribution in [3.63, 3.8) is 0 Å². The summed E-state index contributed by atoms with van der Waals surface area (Å²) in [6.45, 7) is 9.34. The maximum Gasteiger partial charge on any atom is 0.0476 e. The van der Waals surface area contributed by atoms with Crippen LogP contribution in [0.15, 0.2) is 30.3 Å². The number of piperazine rings is 1. The highest BCUT2D eigenvalue weighted by atomic mass is 15.3. The maximum atomic E-state index is 3.74. The molecule has 2 fully saturated rings. The molecule has 0 radical (unpaired) electrons. The minimum atomic E-state index is 0.220. The molecule has 2 aliphatic rings. The van der Waals surface area contributed by atoms with Crippen molar-refractivity contribution in [3.8, 4) is 0 Å². The minimum Gasteiger partial charge on any atom is -0.309 e. The number of rotatable bonds is 3. The lowest BCUT2D eigenvalue weighted by atomic mass is 9.89. The fraction of sp³-hybridized carbons (Fsp3) is 0.684. The Bertz CT molecular complexity index is 448. The molecular weight excluding hydrogens is 256 g/mol. The number of nitrogens with zero attached hydrogens (tertiary/aromatic N) is 1. The van der Waals surface area contributed by atoms with Gasteiger partial charge in [0, 0.05) is 30.7 Å². The predicted molar refractivity (Wildman–Crippen MR) is 89.4 cm³/mol. The van der Waals surface area contributed by atoms with E-state index in [1.807, 2.05) is 0 Å². The molecular formula is C19H30N2. The van der Waals surface area contributed by atoms with Crippen molar-refractivity contribution in [1.29, 1.82) is 0 Å². The molecule has 0 amide bonds. The number of nitrogens with one attached hydrogen (secondary N) is 1. The smallest absolute Gasteiger partial charge is 0.0476 e. The molecule has 2 unspecified atom stereocenters. The first-order valence-electron chi connectivity index (χ1n) is 8.62. The van der Waals surface area contributed by atoms with Crippen LogP contribution < -0.4 is 5.32 Å². The highest BCUT2D eigenvalue weighted by Gasteiger charge is 2.38. The third-order valence-electron chi connectivity index (χ3n) is 5.54. The number of hydrogen-bond acceptors (Lipinski definition) is 2. The Balaban J connectivity index is 1.83. The summed E-state index contributed by atoms with van der Waals surface area (Å²) in [5.41, 5.74) is 1.68. The van der Waals surface area contributed by atoms with Crippen LogP contribution in [0.3, 0.4) is 0 Å². The average Bonchev–Trinajstić information content (AvgIpc) is 3.01. The van der Waals surface area contributed by atoms with E-state index in [0.29, 0.717) is 12.1 Å². The van der Waals surface area contributed by atoms with E-state index in [1.165, 1.54) is 31.2 Å².